The third-order valence-corrected chi connectivity index (χ3v) is 4.69. The number of hydrogen-bond donors (Lipinski definition) is 1. The molecule has 1 aliphatic rings. The number of ether oxygens (including phenoxy) is 2. The van der Waals surface area contributed by atoms with Crippen LogP contribution in [0.25, 0.3) is 5.52 Å². The van der Waals surface area contributed by atoms with Crippen LogP contribution >= 0.6 is 0 Å². The highest BCUT2D eigenvalue weighted by atomic mass is 16.6. The molecule has 0 saturated heterocycles. The number of fused-ring (bicyclic) bond motifs is 2. The molecule has 0 bridgehead atoms. The summed E-state index contributed by atoms with van der Waals surface area (Å²) in [5.41, 5.74) is 0.569. The minimum absolute atomic E-state index is 0.252. The van der Waals surface area contributed by atoms with Crippen molar-refractivity contribution in [2.75, 3.05) is 18.5 Å². The van der Waals surface area contributed by atoms with E-state index in [9.17, 15) is 14.4 Å². The number of carbonyl (C=O) groups excluding carboxylic acids is 2. The van der Waals surface area contributed by atoms with Crippen LogP contribution in [0.4, 0.5) is 10.5 Å². The summed E-state index contributed by atoms with van der Waals surface area (Å²) in [5.74, 6) is 0.222. The maximum Gasteiger partial charge on any atom is 0.410 e. The molecule has 3 aromatic rings. The SMILES string of the molecule is CC(C)(C)OC(=O)N1CCOc2ccc(NC(=O)Cn3ncn4nccc4c3=O)cc2C1. The van der Waals surface area contributed by atoms with E-state index in [4.69, 9.17) is 9.47 Å². The highest BCUT2D eigenvalue weighted by Gasteiger charge is 2.25. The van der Waals surface area contributed by atoms with Crippen molar-refractivity contribution in [2.24, 2.45) is 0 Å². The van der Waals surface area contributed by atoms with Crippen LogP contribution < -0.4 is 15.6 Å². The maximum atomic E-state index is 12.5. The van der Waals surface area contributed by atoms with Crippen LogP contribution in [0.2, 0.25) is 0 Å². The zero-order valence-electron chi connectivity index (χ0n) is 18.1. The minimum atomic E-state index is -0.602. The van der Waals surface area contributed by atoms with Crippen molar-refractivity contribution in [1.29, 1.82) is 0 Å². The second kappa shape index (κ2) is 8.33. The van der Waals surface area contributed by atoms with Crippen molar-refractivity contribution < 1.29 is 19.1 Å². The van der Waals surface area contributed by atoms with Gasteiger partial charge in [0, 0.05) is 11.3 Å². The quantitative estimate of drug-likeness (QED) is 0.658. The molecule has 0 saturated carbocycles. The molecule has 0 fully saturated rings. The van der Waals surface area contributed by atoms with E-state index in [1.807, 2.05) is 20.8 Å². The lowest BCUT2D eigenvalue weighted by Gasteiger charge is -2.26. The van der Waals surface area contributed by atoms with Gasteiger partial charge in [-0.1, -0.05) is 0 Å². The van der Waals surface area contributed by atoms with E-state index in [1.54, 1.807) is 29.2 Å². The van der Waals surface area contributed by atoms with E-state index in [0.717, 1.165) is 10.2 Å². The van der Waals surface area contributed by atoms with Crippen LogP contribution in [0.15, 0.2) is 41.6 Å². The largest absolute Gasteiger partial charge is 0.491 e. The molecule has 11 heteroatoms. The topological polar surface area (TPSA) is 120 Å². The second-order valence-electron chi connectivity index (χ2n) is 8.38. The van der Waals surface area contributed by atoms with Crippen molar-refractivity contribution in [3.05, 3.63) is 52.7 Å². The first-order valence-electron chi connectivity index (χ1n) is 10.1. The van der Waals surface area contributed by atoms with E-state index in [0.29, 0.717) is 30.1 Å². The average Bonchev–Trinajstić information content (AvgIpc) is 3.09. The third kappa shape index (κ3) is 4.71. The number of amides is 2. The fourth-order valence-electron chi connectivity index (χ4n) is 3.28. The summed E-state index contributed by atoms with van der Waals surface area (Å²) in [6.07, 6.45) is 2.43. The van der Waals surface area contributed by atoms with E-state index in [2.05, 4.69) is 15.5 Å². The highest BCUT2D eigenvalue weighted by Crippen LogP contribution is 2.27. The lowest BCUT2D eigenvalue weighted by Crippen LogP contribution is -2.37. The van der Waals surface area contributed by atoms with Crippen molar-refractivity contribution >= 4 is 23.2 Å². The first-order chi connectivity index (χ1) is 15.2. The molecule has 1 N–H and O–H groups in total. The van der Waals surface area contributed by atoms with Gasteiger partial charge in [-0.15, -0.1) is 0 Å². The number of nitrogens with one attached hydrogen (secondary N) is 1. The van der Waals surface area contributed by atoms with Crippen LogP contribution in [0.1, 0.15) is 26.3 Å². The molecule has 3 heterocycles. The Morgan fingerprint density at radius 2 is 2.03 bits per heavy atom. The first kappa shape index (κ1) is 21.3. The molecule has 0 radical (unpaired) electrons. The van der Waals surface area contributed by atoms with E-state index >= 15 is 0 Å². The monoisotopic (exact) mass is 440 g/mol. The third-order valence-electron chi connectivity index (χ3n) is 4.69. The molecule has 1 aromatic carbocycles. The summed E-state index contributed by atoms with van der Waals surface area (Å²) in [5, 5.41) is 10.7. The van der Waals surface area contributed by atoms with Gasteiger partial charge in [0.05, 0.1) is 19.3 Å². The minimum Gasteiger partial charge on any atom is -0.491 e. The summed E-state index contributed by atoms with van der Waals surface area (Å²) in [6, 6.07) is 6.75. The predicted octanol–water partition coefficient (Wildman–Crippen LogP) is 1.66. The van der Waals surface area contributed by atoms with Gasteiger partial charge in [-0.05, 0) is 45.0 Å². The number of carbonyl (C=O) groups is 2. The van der Waals surface area contributed by atoms with E-state index in [-0.39, 0.29) is 13.1 Å². The van der Waals surface area contributed by atoms with Crippen LogP contribution in [0.3, 0.4) is 0 Å². The van der Waals surface area contributed by atoms with Gasteiger partial charge in [0.25, 0.3) is 5.56 Å². The molecule has 4 rings (SSSR count). The Balaban J connectivity index is 1.47. The normalized spacial score (nSPS) is 13.8. The Labute approximate surface area is 183 Å². The molecule has 1 aliphatic heterocycles. The predicted molar refractivity (Wildman–Crippen MR) is 114 cm³/mol. The molecule has 0 atom stereocenters. The summed E-state index contributed by atoms with van der Waals surface area (Å²) >= 11 is 0. The molecule has 0 unspecified atom stereocenters. The van der Waals surface area contributed by atoms with Gasteiger partial charge in [-0.3, -0.25) is 9.59 Å². The molecule has 168 valence electrons. The van der Waals surface area contributed by atoms with E-state index in [1.165, 1.54) is 17.0 Å². The molecular weight excluding hydrogens is 416 g/mol. The Bertz CT molecular complexity index is 1230. The van der Waals surface area contributed by atoms with Gasteiger partial charge in [0.15, 0.2) is 0 Å². The molecule has 11 nitrogen and oxygen atoms in total. The summed E-state index contributed by atoms with van der Waals surface area (Å²) < 4.78 is 13.6. The molecule has 0 aliphatic carbocycles. The lowest BCUT2D eigenvalue weighted by molar-refractivity contribution is -0.117. The molecular formula is C21H24N6O5. The van der Waals surface area contributed by atoms with Gasteiger partial charge in [-0.2, -0.15) is 10.2 Å². The zero-order chi connectivity index (χ0) is 22.9. The van der Waals surface area contributed by atoms with Crippen LogP contribution in [-0.2, 0) is 22.6 Å². The molecule has 0 spiro atoms. The average molecular weight is 440 g/mol. The Morgan fingerprint density at radius 3 is 2.81 bits per heavy atom. The van der Waals surface area contributed by atoms with Gasteiger partial charge in [0.2, 0.25) is 5.91 Å². The number of rotatable bonds is 3. The fourth-order valence-corrected chi connectivity index (χ4v) is 3.28. The van der Waals surface area contributed by atoms with Crippen LogP contribution in [-0.4, -0.2) is 55.0 Å². The lowest BCUT2D eigenvalue weighted by atomic mass is 10.1. The summed E-state index contributed by atoms with van der Waals surface area (Å²) in [4.78, 5) is 39.0. The fraction of sp³-hybridized carbons (Fsp3) is 0.381. The maximum absolute atomic E-state index is 12.5. The van der Waals surface area contributed by atoms with Gasteiger partial charge < -0.3 is 19.7 Å². The Hall–Kier alpha value is -3.89. The zero-order valence-corrected chi connectivity index (χ0v) is 18.1. The van der Waals surface area contributed by atoms with Gasteiger partial charge in [-0.25, -0.2) is 14.0 Å². The van der Waals surface area contributed by atoms with Crippen molar-refractivity contribution in [1.82, 2.24) is 24.3 Å². The number of nitrogens with zero attached hydrogens (tertiary/aromatic N) is 5. The van der Waals surface area contributed by atoms with Crippen LogP contribution in [0.5, 0.6) is 5.75 Å². The number of benzene rings is 1. The molecule has 2 amide bonds. The smallest absolute Gasteiger partial charge is 0.410 e. The van der Waals surface area contributed by atoms with Crippen molar-refractivity contribution in [3.8, 4) is 5.75 Å². The number of aromatic nitrogens is 4. The Morgan fingerprint density at radius 1 is 1.22 bits per heavy atom. The molecule has 32 heavy (non-hydrogen) atoms. The highest BCUT2D eigenvalue weighted by molar-refractivity contribution is 5.90. The van der Waals surface area contributed by atoms with Crippen molar-refractivity contribution in [3.63, 3.8) is 0 Å². The molecule has 2 aromatic heterocycles. The van der Waals surface area contributed by atoms with E-state index < -0.39 is 23.2 Å². The van der Waals surface area contributed by atoms with Gasteiger partial charge in [0.1, 0.15) is 36.3 Å². The van der Waals surface area contributed by atoms with Crippen molar-refractivity contribution in [2.45, 2.75) is 39.5 Å². The Kier molecular flexibility index (Phi) is 5.56. The summed E-state index contributed by atoms with van der Waals surface area (Å²) in [7, 11) is 0. The standard InChI is InChI=1S/C21H24N6O5/c1-21(2,3)32-20(30)25-8-9-31-17-5-4-15(10-14(17)11-25)24-18(28)12-26-19(29)16-6-7-22-27(16)13-23-26/h4-7,10,13H,8-9,11-12H2,1-3H3,(H,24,28). The number of hydrogen-bond acceptors (Lipinski definition) is 7. The number of anilines is 1. The second-order valence-corrected chi connectivity index (χ2v) is 8.38. The van der Waals surface area contributed by atoms with Crippen LogP contribution in [0, 0.1) is 0 Å². The first-order valence-corrected chi connectivity index (χ1v) is 10.1. The summed E-state index contributed by atoms with van der Waals surface area (Å²) in [6.45, 7) is 6.19. The van der Waals surface area contributed by atoms with Gasteiger partial charge >= 0.3 is 6.09 Å².